The number of ether oxygens (including phenoxy) is 1. The van der Waals surface area contributed by atoms with Crippen LogP contribution in [0.3, 0.4) is 0 Å². The summed E-state index contributed by atoms with van der Waals surface area (Å²) < 4.78 is 6.96. The van der Waals surface area contributed by atoms with E-state index < -0.39 is 0 Å². The van der Waals surface area contributed by atoms with E-state index in [0.29, 0.717) is 0 Å². The van der Waals surface area contributed by atoms with E-state index in [4.69, 9.17) is 4.74 Å². The van der Waals surface area contributed by atoms with Crippen LogP contribution < -0.4 is 10.1 Å². The number of hydrogen-bond acceptors (Lipinski definition) is 3. The Balaban J connectivity index is 1.55. The minimum Gasteiger partial charge on any atom is -0.488 e. The van der Waals surface area contributed by atoms with E-state index in [2.05, 4.69) is 27.3 Å². The van der Waals surface area contributed by atoms with Crippen LogP contribution in [-0.4, -0.2) is 43.1 Å². The number of hydrogen-bond donors (Lipinski definition) is 1. The third-order valence-corrected chi connectivity index (χ3v) is 4.28. The van der Waals surface area contributed by atoms with Crippen LogP contribution in [0.2, 0.25) is 0 Å². The number of likely N-dealkylation sites (tertiary alicyclic amines) is 1. The average molecular weight is 325 g/mol. The van der Waals surface area contributed by atoms with Crippen molar-refractivity contribution >= 4 is 21.8 Å². The molecule has 0 aromatic heterocycles. The van der Waals surface area contributed by atoms with Crippen molar-refractivity contribution in [2.75, 3.05) is 20.1 Å². The van der Waals surface area contributed by atoms with Crippen LogP contribution in [0.5, 0.6) is 5.75 Å². The SMILES string of the molecule is CN1CCC(NCC2Cc3cc(Br)ccc3O2)C1=O. The molecule has 4 nitrogen and oxygen atoms in total. The molecular formula is C14H17BrN2O2. The van der Waals surface area contributed by atoms with Crippen LogP contribution >= 0.6 is 15.9 Å². The summed E-state index contributed by atoms with van der Waals surface area (Å²) in [5.74, 6) is 1.16. The van der Waals surface area contributed by atoms with Crippen molar-refractivity contribution < 1.29 is 9.53 Å². The fourth-order valence-electron chi connectivity index (χ4n) is 2.69. The molecule has 0 bridgehead atoms. The molecule has 3 rings (SSSR count). The molecule has 1 aromatic carbocycles. The van der Waals surface area contributed by atoms with Crippen LogP contribution in [0.15, 0.2) is 22.7 Å². The molecule has 0 radical (unpaired) electrons. The second kappa shape index (κ2) is 5.13. The maximum atomic E-state index is 11.8. The van der Waals surface area contributed by atoms with Gasteiger partial charge >= 0.3 is 0 Å². The molecule has 5 heteroatoms. The Morgan fingerprint density at radius 2 is 2.37 bits per heavy atom. The summed E-state index contributed by atoms with van der Waals surface area (Å²) in [6.45, 7) is 1.56. The lowest BCUT2D eigenvalue weighted by Gasteiger charge is -2.15. The number of rotatable bonds is 3. The predicted molar refractivity (Wildman–Crippen MR) is 76.3 cm³/mol. The van der Waals surface area contributed by atoms with Crippen molar-refractivity contribution in [1.29, 1.82) is 0 Å². The van der Waals surface area contributed by atoms with E-state index in [1.165, 1.54) is 5.56 Å². The molecule has 0 spiro atoms. The van der Waals surface area contributed by atoms with Gasteiger partial charge in [0.05, 0.1) is 6.04 Å². The normalized spacial score (nSPS) is 25.6. The Hall–Kier alpha value is -1.07. The highest BCUT2D eigenvalue weighted by molar-refractivity contribution is 9.10. The van der Waals surface area contributed by atoms with E-state index in [1.807, 2.05) is 19.2 Å². The van der Waals surface area contributed by atoms with Crippen molar-refractivity contribution in [3.63, 3.8) is 0 Å². The molecule has 1 saturated heterocycles. The Morgan fingerprint density at radius 1 is 1.53 bits per heavy atom. The highest BCUT2D eigenvalue weighted by atomic mass is 79.9. The Morgan fingerprint density at radius 3 is 3.11 bits per heavy atom. The van der Waals surface area contributed by atoms with Crippen LogP contribution in [0, 0.1) is 0 Å². The second-order valence-corrected chi connectivity index (χ2v) is 6.12. The highest BCUT2D eigenvalue weighted by Gasteiger charge is 2.30. The molecule has 2 aliphatic heterocycles. The molecule has 1 fully saturated rings. The molecular weight excluding hydrogens is 308 g/mol. The van der Waals surface area contributed by atoms with Crippen LogP contribution in [0.25, 0.3) is 0 Å². The van der Waals surface area contributed by atoms with Crippen LogP contribution in [0.1, 0.15) is 12.0 Å². The van der Waals surface area contributed by atoms with Gasteiger partial charge in [0, 0.05) is 31.0 Å². The Labute approximate surface area is 121 Å². The molecule has 2 heterocycles. The number of likely N-dealkylation sites (N-methyl/N-ethyl adjacent to an activating group) is 1. The molecule has 0 saturated carbocycles. The first-order valence-corrected chi connectivity index (χ1v) is 7.36. The van der Waals surface area contributed by atoms with Crippen molar-refractivity contribution in [3.8, 4) is 5.75 Å². The van der Waals surface area contributed by atoms with Crippen molar-refractivity contribution in [3.05, 3.63) is 28.2 Å². The van der Waals surface area contributed by atoms with Crippen LogP contribution in [0.4, 0.5) is 0 Å². The maximum Gasteiger partial charge on any atom is 0.239 e. The summed E-state index contributed by atoms with van der Waals surface area (Å²) in [6.07, 6.45) is 1.92. The molecule has 2 atom stereocenters. The first-order chi connectivity index (χ1) is 9.13. The van der Waals surface area contributed by atoms with Gasteiger partial charge in [-0.1, -0.05) is 15.9 Å². The van der Waals surface area contributed by atoms with Gasteiger partial charge in [0.2, 0.25) is 5.91 Å². The summed E-state index contributed by atoms with van der Waals surface area (Å²) in [4.78, 5) is 13.6. The van der Waals surface area contributed by atoms with Gasteiger partial charge in [-0.25, -0.2) is 0 Å². The molecule has 102 valence electrons. The molecule has 1 N–H and O–H groups in total. The number of nitrogens with zero attached hydrogens (tertiary/aromatic N) is 1. The summed E-state index contributed by atoms with van der Waals surface area (Å²) in [6, 6.07) is 6.05. The van der Waals surface area contributed by atoms with E-state index in [9.17, 15) is 4.79 Å². The smallest absolute Gasteiger partial charge is 0.239 e. The summed E-state index contributed by atoms with van der Waals surface area (Å²) in [7, 11) is 1.85. The number of benzene rings is 1. The lowest BCUT2D eigenvalue weighted by molar-refractivity contribution is -0.128. The monoisotopic (exact) mass is 324 g/mol. The number of halogens is 1. The highest BCUT2D eigenvalue weighted by Crippen LogP contribution is 2.31. The van der Waals surface area contributed by atoms with Crippen molar-refractivity contribution in [2.45, 2.75) is 25.0 Å². The number of carbonyl (C=O) groups is 1. The largest absolute Gasteiger partial charge is 0.488 e. The van der Waals surface area contributed by atoms with Gasteiger partial charge in [-0.2, -0.15) is 0 Å². The fourth-order valence-corrected chi connectivity index (χ4v) is 3.10. The molecule has 2 unspecified atom stereocenters. The van der Waals surface area contributed by atoms with E-state index in [1.54, 1.807) is 4.90 Å². The summed E-state index contributed by atoms with van der Waals surface area (Å²) in [5.41, 5.74) is 1.23. The number of carbonyl (C=O) groups excluding carboxylic acids is 1. The topological polar surface area (TPSA) is 41.6 Å². The van der Waals surface area contributed by atoms with Gasteiger partial charge in [-0.15, -0.1) is 0 Å². The fraction of sp³-hybridized carbons (Fsp3) is 0.500. The average Bonchev–Trinajstić information content (AvgIpc) is 2.92. The molecule has 0 aliphatic carbocycles. The van der Waals surface area contributed by atoms with Gasteiger partial charge in [-0.05, 0) is 30.2 Å². The van der Waals surface area contributed by atoms with Gasteiger partial charge in [0.1, 0.15) is 11.9 Å². The Kier molecular flexibility index (Phi) is 3.50. The van der Waals surface area contributed by atoms with E-state index in [-0.39, 0.29) is 18.1 Å². The maximum absolute atomic E-state index is 11.8. The first kappa shape index (κ1) is 12.9. The zero-order valence-electron chi connectivity index (χ0n) is 10.9. The number of fused-ring (bicyclic) bond motifs is 1. The number of amides is 1. The van der Waals surface area contributed by atoms with Crippen LogP contribution in [-0.2, 0) is 11.2 Å². The second-order valence-electron chi connectivity index (χ2n) is 5.21. The Bertz CT molecular complexity index is 506. The third-order valence-electron chi connectivity index (χ3n) is 3.78. The minimum absolute atomic E-state index is 0.0379. The zero-order valence-corrected chi connectivity index (χ0v) is 12.4. The summed E-state index contributed by atoms with van der Waals surface area (Å²) in [5, 5.41) is 3.33. The lowest BCUT2D eigenvalue weighted by Crippen LogP contribution is -2.41. The quantitative estimate of drug-likeness (QED) is 0.917. The van der Waals surface area contributed by atoms with Crippen molar-refractivity contribution in [1.82, 2.24) is 10.2 Å². The standard InChI is InChI=1S/C14H17BrN2O2/c1-17-5-4-12(14(17)18)16-8-11-7-9-6-10(15)2-3-13(9)19-11/h2-3,6,11-12,16H,4-5,7-8H2,1H3. The molecule has 1 amide bonds. The summed E-state index contributed by atoms with van der Waals surface area (Å²) >= 11 is 3.47. The van der Waals surface area contributed by atoms with E-state index >= 15 is 0 Å². The number of nitrogens with one attached hydrogen (secondary N) is 1. The van der Waals surface area contributed by atoms with Gasteiger partial charge < -0.3 is 15.0 Å². The van der Waals surface area contributed by atoms with Crippen molar-refractivity contribution in [2.24, 2.45) is 0 Å². The molecule has 2 aliphatic rings. The van der Waals surface area contributed by atoms with Gasteiger partial charge in [0.15, 0.2) is 0 Å². The predicted octanol–water partition coefficient (Wildman–Crippen LogP) is 1.57. The van der Waals surface area contributed by atoms with E-state index in [0.717, 1.165) is 36.2 Å². The third kappa shape index (κ3) is 2.62. The minimum atomic E-state index is -0.0379. The van der Waals surface area contributed by atoms with Gasteiger partial charge in [0.25, 0.3) is 0 Å². The molecule has 1 aromatic rings. The molecule has 19 heavy (non-hydrogen) atoms. The first-order valence-electron chi connectivity index (χ1n) is 6.57. The zero-order chi connectivity index (χ0) is 13.4. The lowest BCUT2D eigenvalue weighted by atomic mass is 10.1. The van der Waals surface area contributed by atoms with Gasteiger partial charge in [-0.3, -0.25) is 4.79 Å².